The van der Waals surface area contributed by atoms with Gasteiger partial charge in [0.15, 0.2) is 5.69 Å². The molecule has 1 aromatic carbocycles. The van der Waals surface area contributed by atoms with Crippen LogP contribution in [0.2, 0.25) is 0 Å². The number of carbonyl (C=O) groups excluding carboxylic acids is 1. The van der Waals surface area contributed by atoms with Gasteiger partial charge in [-0.25, -0.2) is 4.79 Å². The third-order valence-corrected chi connectivity index (χ3v) is 3.21. The fourth-order valence-corrected chi connectivity index (χ4v) is 2.23. The highest BCUT2D eigenvalue weighted by Gasteiger charge is 2.33. The smallest absolute Gasteiger partial charge is 0.338 e. The highest BCUT2D eigenvalue weighted by atomic mass is 16.6. The van der Waals surface area contributed by atoms with Crippen LogP contribution in [-0.2, 0) is 9.47 Å². The normalized spacial score (nSPS) is 14.5. The molecule has 0 bridgehead atoms. The molecule has 0 N–H and O–H groups in total. The summed E-state index contributed by atoms with van der Waals surface area (Å²) in [5.41, 5.74) is -1.36. The topological polar surface area (TPSA) is 125 Å². The standard InChI is InChI=1S/C12H13N3O7/c1-21-12(16)8-6-9(14(17)18)11(10(7-8)15(19)20)13-2-4-22-5-3-13/h6-7H,2-5H2,1H3. The van der Waals surface area contributed by atoms with E-state index in [0.717, 1.165) is 19.2 Å². The van der Waals surface area contributed by atoms with E-state index in [4.69, 9.17) is 4.74 Å². The molecule has 0 saturated carbocycles. The Morgan fingerprint density at radius 2 is 1.68 bits per heavy atom. The van der Waals surface area contributed by atoms with Gasteiger partial charge in [0, 0.05) is 25.2 Å². The summed E-state index contributed by atoms with van der Waals surface area (Å²) >= 11 is 0. The molecule has 0 amide bonds. The van der Waals surface area contributed by atoms with Gasteiger partial charge in [-0.15, -0.1) is 0 Å². The maximum Gasteiger partial charge on any atom is 0.338 e. The molecule has 1 aromatic rings. The molecule has 10 nitrogen and oxygen atoms in total. The average molecular weight is 311 g/mol. The molecule has 1 aliphatic heterocycles. The summed E-state index contributed by atoms with van der Waals surface area (Å²) in [6, 6.07) is 1.98. The lowest BCUT2D eigenvalue weighted by molar-refractivity contribution is -0.392. The lowest BCUT2D eigenvalue weighted by Gasteiger charge is -2.28. The lowest BCUT2D eigenvalue weighted by atomic mass is 10.1. The number of hydrogen-bond acceptors (Lipinski definition) is 8. The fourth-order valence-electron chi connectivity index (χ4n) is 2.23. The number of methoxy groups -OCH3 is 1. The summed E-state index contributed by atoms with van der Waals surface area (Å²) < 4.78 is 9.62. The van der Waals surface area contributed by atoms with Gasteiger partial charge in [0.2, 0.25) is 0 Å². The molecule has 0 spiro atoms. The number of rotatable bonds is 4. The van der Waals surface area contributed by atoms with Crippen LogP contribution in [-0.4, -0.2) is 49.2 Å². The molecule has 118 valence electrons. The molecule has 10 heteroatoms. The Balaban J connectivity index is 2.64. The van der Waals surface area contributed by atoms with Crippen LogP contribution in [0.4, 0.5) is 17.1 Å². The van der Waals surface area contributed by atoms with E-state index in [2.05, 4.69) is 4.74 Å². The molecule has 22 heavy (non-hydrogen) atoms. The van der Waals surface area contributed by atoms with Gasteiger partial charge in [0.1, 0.15) is 0 Å². The molecular formula is C12H13N3O7. The van der Waals surface area contributed by atoms with Gasteiger partial charge in [0.05, 0.1) is 35.7 Å². The monoisotopic (exact) mass is 311 g/mol. The first-order valence-electron chi connectivity index (χ1n) is 6.33. The van der Waals surface area contributed by atoms with Gasteiger partial charge in [-0.1, -0.05) is 0 Å². The van der Waals surface area contributed by atoms with E-state index in [-0.39, 0.29) is 11.3 Å². The summed E-state index contributed by atoms with van der Waals surface area (Å²) in [7, 11) is 1.09. The van der Waals surface area contributed by atoms with Crippen LogP contribution in [0.5, 0.6) is 0 Å². The number of hydrogen-bond donors (Lipinski definition) is 0. The third kappa shape index (κ3) is 2.96. The number of ether oxygens (including phenoxy) is 2. The number of esters is 1. The number of morpholine rings is 1. The van der Waals surface area contributed by atoms with E-state index < -0.39 is 27.2 Å². The lowest BCUT2D eigenvalue weighted by Crippen LogP contribution is -2.37. The summed E-state index contributed by atoms with van der Waals surface area (Å²) in [5, 5.41) is 22.6. The second-order valence-corrected chi connectivity index (χ2v) is 4.47. The van der Waals surface area contributed by atoms with Crippen molar-refractivity contribution in [2.24, 2.45) is 0 Å². The number of anilines is 1. The van der Waals surface area contributed by atoms with Crippen molar-refractivity contribution >= 4 is 23.0 Å². The SMILES string of the molecule is COC(=O)c1cc([N+](=O)[O-])c(N2CCOCC2)c([N+](=O)[O-])c1. The largest absolute Gasteiger partial charge is 0.465 e. The average Bonchev–Trinajstić information content (AvgIpc) is 2.53. The Bertz CT molecular complexity index is 590. The van der Waals surface area contributed by atoms with E-state index >= 15 is 0 Å². The second-order valence-electron chi connectivity index (χ2n) is 4.47. The van der Waals surface area contributed by atoms with Crippen LogP contribution in [0.15, 0.2) is 12.1 Å². The Morgan fingerprint density at radius 1 is 1.18 bits per heavy atom. The molecule has 0 aliphatic carbocycles. The van der Waals surface area contributed by atoms with Crippen molar-refractivity contribution in [3.8, 4) is 0 Å². The van der Waals surface area contributed by atoms with Crippen molar-refractivity contribution in [2.75, 3.05) is 38.3 Å². The van der Waals surface area contributed by atoms with Gasteiger partial charge in [-0.2, -0.15) is 0 Å². The van der Waals surface area contributed by atoms with Crippen molar-refractivity contribution in [2.45, 2.75) is 0 Å². The number of nitrogens with zero attached hydrogens (tertiary/aromatic N) is 3. The number of nitro benzene ring substituents is 2. The summed E-state index contributed by atoms with van der Waals surface area (Å²) in [6.07, 6.45) is 0. The second kappa shape index (κ2) is 6.35. The molecule has 1 aliphatic rings. The van der Waals surface area contributed by atoms with Crippen molar-refractivity contribution in [1.29, 1.82) is 0 Å². The zero-order valence-electron chi connectivity index (χ0n) is 11.7. The van der Waals surface area contributed by atoms with E-state index in [0.29, 0.717) is 26.3 Å². The summed E-state index contributed by atoms with van der Waals surface area (Å²) in [4.78, 5) is 34.1. The van der Waals surface area contributed by atoms with Gasteiger partial charge < -0.3 is 14.4 Å². The number of nitro groups is 2. The van der Waals surface area contributed by atoms with E-state index in [1.807, 2.05) is 0 Å². The van der Waals surface area contributed by atoms with Crippen LogP contribution in [0, 0.1) is 20.2 Å². The molecular weight excluding hydrogens is 298 g/mol. The quantitative estimate of drug-likeness (QED) is 0.460. The Kier molecular flexibility index (Phi) is 4.51. The third-order valence-electron chi connectivity index (χ3n) is 3.21. The predicted octanol–water partition coefficient (Wildman–Crippen LogP) is 1.13. The number of carbonyl (C=O) groups is 1. The van der Waals surface area contributed by atoms with Crippen molar-refractivity contribution in [3.63, 3.8) is 0 Å². The molecule has 0 atom stereocenters. The van der Waals surface area contributed by atoms with E-state index in [9.17, 15) is 25.0 Å². The maximum absolute atomic E-state index is 11.5. The molecule has 1 heterocycles. The van der Waals surface area contributed by atoms with Gasteiger partial charge >= 0.3 is 17.3 Å². The Morgan fingerprint density at radius 3 is 2.09 bits per heavy atom. The molecule has 0 radical (unpaired) electrons. The first kappa shape index (κ1) is 15.6. The van der Waals surface area contributed by atoms with Crippen LogP contribution in [0.1, 0.15) is 10.4 Å². The summed E-state index contributed by atoms with van der Waals surface area (Å²) in [6.45, 7) is 1.21. The molecule has 1 saturated heterocycles. The minimum atomic E-state index is -0.875. The zero-order valence-corrected chi connectivity index (χ0v) is 11.7. The van der Waals surface area contributed by atoms with Crippen molar-refractivity contribution in [1.82, 2.24) is 0 Å². The van der Waals surface area contributed by atoms with Crippen molar-refractivity contribution < 1.29 is 24.1 Å². The van der Waals surface area contributed by atoms with Gasteiger partial charge in [-0.05, 0) is 0 Å². The van der Waals surface area contributed by atoms with Crippen LogP contribution < -0.4 is 4.90 Å². The fraction of sp³-hybridized carbons (Fsp3) is 0.417. The van der Waals surface area contributed by atoms with Crippen molar-refractivity contribution in [3.05, 3.63) is 37.9 Å². The van der Waals surface area contributed by atoms with Crippen LogP contribution in [0.3, 0.4) is 0 Å². The minimum Gasteiger partial charge on any atom is -0.465 e. The molecule has 0 unspecified atom stereocenters. The minimum absolute atomic E-state index is 0.119. The first-order chi connectivity index (χ1) is 10.5. The molecule has 2 rings (SSSR count). The maximum atomic E-state index is 11.5. The van der Waals surface area contributed by atoms with Gasteiger partial charge in [0.25, 0.3) is 0 Å². The van der Waals surface area contributed by atoms with E-state index in [1.54, 1.807) is 0 Å². The predicted molar refractivity (Wildman–Crippen MR) is 74.1 cm³/mol. The highest BCUT2D eigenvalue weighted by molar-refractivity contribution is 5.94. The zero-order chi connectivity index (χ0) is 16.3. The Labute approximate surface area is 124 Å². The summed E-state index contributed by atoms with van der Waals surface area (Å²) in [5.74, 6) is -0.875. The van der Waals surface area contributed by atoms with Crippen LogP contribution in [0.25, 0.3) is 0 Å². The molecule has 1 fully saturated rings. The highest BCUT2D eigenvalue weighted by Crippen LogP contribution is 2.39. The first-order valence-corrected chi connectivity index (χ1v) is 6.33. The Hall–Kier alpha value is -2.75. The molecule has 0 aromatic heterocycles. The van der Waals surface area contributed by atoms with Crippen LogP contribution >= 0.6 is 0 Å². The number of benzene rings is 1. The van der Waals surface area contributed by atoms with E-state index in [1.165, 1.54) is 4.90 Å². The van der Waals surface area contributed by atoms with Gasteiger partial charge in [-0.3, -0.25) is 20.2 Å².